The van der Waals surface area contributed by atoms with E-state index in [1.165, 1.54) is 12.7 Å². The van der Waals surface area contributed by atoms with Gasteiger partial charge in [0, 0.05) is 28.7 Å². The molecule has 2 unspecified atom stereocenters. The zero-order valence-electron chi connectivity index (χ0n) is 24.8. The summed E-state index contributed by atoms with van der Waals surface area (Å²) in [5.74, 6) is 0.107. The van der Waals surface area contributed by atoms with E-state index in [9.17, 15) is 9.59 Å². The number of amides is 1. The van der Waals surface area contributed by atoms with Crippen LogP contribution in [0.2, 0.25) is 0 Å². The lowest BCUT2D eigenvalue weighted by Gasteiger charge is -2.26. The van der Waals surface area contributed by atoms with Crippen molar-refractivity contribution in [3.63, 3.8) is 0 Å². The number of nitrogens with zero attached hydrogens (tertiary/aromatic N) is 1. The second-order valence-electron chi connectivity index (χ2n) is 11.5. The number of carbonyl (C=O) groups is 2. The Kier molecular flexibility index (Phi) is 8.38. The molecule has 0 bridgehead atoms. The first-order chi connectivity index (χ1) is 18.9. The van der Waals surface area contributed by atoms with Crippen molar-refractivity contribution in [2.75, 3.05) is 7.11 Å². The highest BCUT2D eigenvalue weighted by Gasteiger charge is 2.22. The van der Waals surface area contributed by atoms with E-state index in [1.54, 1.807) is 6.92 Å². The van der Waals surface area contributed by atoms with E-state index < -0.39 is 12.1 Å². The van der Waals surface area contributed by atoms with Crippen LogP contribution >= 0.6 is 0 Å². The lowest BCUT2D eigenvalue weighted by atomic mass is 9.82. The number of nitrogens with one attached hydrogen (secondary N) is 1. The van der Waals surface area contributed by atoms with Gasteiger partial charge in [-0.1, -0.05) is 57.2 Å². The second kappa shape index (κ2) is 11.6. The second-order valence-corrected chi connectivity index (χ2v) is 11.5. The van der Waals surface area contributed by atoms with Gasteiger partial charge in [0.1, 0.15) is 5.75 Å². The highest BCUT2D eigenvalue weighted by atomic mass is 16.6. The molecule has 0 saturated carbocycles. The smallest absolute Gasteiger partial charge is 0.346 e. The Bertz CT molecular complexity index is 1540. The van der Waals surface area contributed by atoms with Crippen LogP contribution in [0.4, 0.5) is 0 Å². The van der Waals surface area contributed by atoms with Crippen molar-refractivity contribution in [2.45, 2.75) is 72.6 Å². The van der Waals surface area contributed by atoms with Crippen molar-refractivity contribution in [3.8, 4) is 5.75 Å². The standard InChI is InChI=1S/C34H40N2O4/c1-21-23(3)36(20-25-12-11-13-27(18-25)40-24(4)33(38)39-8)31-17-16-26(19-29(21)31)32(37)35-22(2)28-14-9-10-15-30(28)34(5,6)7/h9-19,22,24H,20H2,1-8H3,(H,35,37). The van der Waals surface area contributed by atoms with Crippen LogP contribution in [0, 0.1) is 13.8 Å². The van der Waals surface area contributed by atoms with E-state index in [0.29, 0.717) is 17.9 Å². The van der Waals surface area contributed by atoms with Gasteiger partial charge < -0.3 is 19.4 Å². The Hall–Kier alpha value is -4.06. The van der Waals surface area contributed by atoms with E-state index in [2.05, 4.69) is 62.7 Å². The Labute approximate surface area is 237 Å². The molecule has 3 aromatic carbocycles. The molecule has 6 heteroatoms. The molecule has 0 aliphatic carbocycles. The van der Waals surface area contributed by atoms with Crippen LogP contribution in [0.3, 0.4) is 0 Å². The minimum absolute atomic E-state index is 0.0166. The molecule has 0 aliphatic rings. The number of hydrogen-bond acceptors (Lipinski definition) is 4. The summed E-state index contributed by atoms with van der Waals surface area (Å²) in [7, 11) is 1.35. The van der Waals surface area contributed by atoms with Crippen LogP contribution < -0.4 is 10.1 Å². The zero-order chi connectivity index (χ0) is 29.2. The van der Waals surface area contributed by atoms with Gasteiger partial charge in [-0.3, -0.25) is 4.79 Å². The van der Waals surface area contributed by atoms with Gasteiger partial charge in [0.15, 0.2) is 6.10 Å². The van der Waals surface area contributed by atoms with Gasteiger partial charge in [-0.25, -0.2) is 4.79 Å². The molecule has 1 N–H and O–H groups in total. The fourth-order valence-electron chi connectivity index (χ4n) is 5.23. The maximum Gasteiger partial charge on any atom is 0.346 e. The van der Waals surface area contributed by atoms with Crippen molar-refractivity contribution in [1.82, 2.24) is 9.88 Å². The van der Waals surface area contributed by atoms with Crippen LogP contribution in [0.15, 0.2) is 66.7 Å². The maximum atomic E-state index is 13.4. The molecule has 210 valence electrons. The number of carbonyl (C=O) groups excluding carboxylic acids is 2. The number of aryl methyl sites for hydroxylation is 1. The van der Waals surface area contributed by atoms with Crippen LogP contribution in [0.1, 0.15) is 79.0 Å². The Morgan fingerprint density at radius 2 is 1.68 bits per heavy atom. The summed E-state index contributed by atoms with van der Waals surface area (Å²) < 4.78 is 12.8. The van der Waals surface area contributed by atoms with Gasteiger partial charge in [-0.15, -0.1) is 0 Å². The topological polar surface area (TPSA) is 69.6 Å². The monoisotopic (exact) mass is 540 g/mol. The first-order valence-electron chi connectivity index (χ1n) is 13.7. The summed E-state index contributed by atoms with van der Waals surface area (Å²) in [4.78, 5) is 25.1. The lowest BCUT2D eigenvalue weighted by Crippen LogP contribution is -2.28. The van der Waals surface area contributed by atoms with Crippen molar-refractivity contribution in [2.24, 2.45) is 0 Å². The van der Waals surface area contributed by atoms with E-state index in [1.807, 2.05) is 55.5 Å². The highest BCUT2D eigenvalue weighted by molar-refractivity contribution is 5.99. The minimum atomic E-state index is -0.689. The van der Waals surface area contributed by atoms with Crippen molar-refractivity contribution in [1.29, 1.82) is 0 Å². The normalized spacial score (nSPS) is 13.1. The fourth-order valence-corrected chi connectivity index (χ4v) is 5.23. The van der Waals surface area contributed by atoms with Gasteiger partial charge in [-0.2, -0.15) is 0 Å². The lowest BCUT2D eigenvalue weighted by molar-refractivity contribution is -0.147. The summed E-state index contributed by atoms with van der Waals surface area (Å²) in [6.07, 6.45) is -0.689. The van der Waals surface area contributed by atoms with E-state index in [-0.39, 0.29) is 17.4 Å². The minimum Gasteiger partial charge on any atom is -0.479 e. The third-order valence-corrected chi connectivity index (χ3v) is 7.57. The van der Waals surface area contributed by atoms with Gasteiger partial charge >= 0.3 is 5.97 Å². The number of methoxy groups -OCH3 is 1. The molecule has 0 aliphatic heterocycles. The third-order valence-electron chi connectivity index (χ3n) is 7.57. The number of ether oxygens (including phenoxy) is 2. The molecule has 2 atom stereocenters. The van der Waals surface area contributed by atoms with Gasteiger partial charge in [0.05, 0.1) is 13.2 Å². The number of benzene rings is 3. The molecule has 0 radical (unpaired) electrons. The van der Waals surface area contributed by atoms with Gasteiger partial charge in [0.2, 0.25) is 0 Å². The molecule has 4 aromatic rings. The fraction of sp³-hybridized carbons (Fsp3) is 0.353. The van der Waals surface area contributed by atoms with Crippen LogP contribution in [0.5, 0.6) is 5.75 Å². The average molecular weight is 541 g/mol. The number of rotatable bonds is 8. The Morgan fingerprint density at radius 1 is 0.950 bits per heavy atom. The molecule has 6 nitrogen and oxygen atoms in total. The predicted molar refractivity (Wildman–Crippen MR) is 160 cm³/mol. The SMILES string of the molecule is COC(=O)C(C)Oc1cccc(Cn2c(C)c(C)c3cc(C(=O)NC(C)c4ccccc4C(C)(C)C)ccc32)c1. The van der Waals surface area contributed by atoms with Crippen LogP contribution in [0.25, 0.3) is 10.9 Å². The molecule has 1 amide bonds. The van der Waals surface area contributed by atoms with Crippen molar-refractivity contribution in [3.05, 3.63) is 100 Å². The molecule has 0 spiro atoms. The quantitative estimate of drug-likeness (QED) is 0.244. The van der Waals surface area contributed by atoms with Crippen molar-refractivity contribution >= 4 is 22.8 Å². The summed E-state index contributed by atoms with van der Waals surface area (Å²) in [6, 6.07) is 21.8. The van der Waals surface area contributed by atoms with E-state index in [0.717, 1.165) is 33.3 Å². The van der Waals surface area contributed by atoms with E-state index in [4.69, 9.17) is 9.47 Å². The molecular weight excluding hydrogens is 500 g/mol. The first-order valence-corrected chi connectivity index (χ1v) is 13.7. The van der Waals surface area contributed by atoms with Crippen molar-refractivity contribution < 1.29 is 19.1 Å². The molecule has 4 rings (SSSR count). The molecule has 0 saturated heterocycles. The van der Waals surface area contributed by atoms with Crippen LogP contribution in [-0.4, -0.2) is 29.7 Å². The molecule has 40 heavy (non-hydrogen) atoms. The Morgan fingerprint density at radius 3 is 2.38 bits per heavy atom. The number of esters is 1. The maximum absolute atomic E-state index is 13.4. The highest BCUT2D eigenvalue weighted by Crippen LogP contribution is 2.31. The summed E-state index contributed by atoms with van der Waals surface area (Å²) in [5, 5.41) is 4.27. The largest absolute Gasteiger partial charge is 0.479 e. The number of fused-ring (bicyclic) bond motifs is 1. The Balaban J connectivity index is 1.57. The summed E-state index contributed by atoms with van der Waals surface area (Å²) in [5.41, 5.74) is 7.37. The summed E-state index contributed by atoms with van der Waals surface area (Å²) in [6.45, 7) is 15.1. The molecule has 1 heterocycles. The van der Waals surface area contributed by atoms with Gasteiger partial charge in [0.25, 0.3) is 5.91 Å². The van der Waals surface area contributed by atoms with E-state index >= 15 is 0 Å². The molecular formula is C34H40N2O4. The zero-order valence-corrected chi connectivity index (χ0v) is 24.8. The number of hydrogen-bond donors (Lipinski definition) is 1. The molecule has 1 aromatic heterocycles. The third kappa shape index (κ3) is 6.06. The van der Waals surface area contributed by atoms with Crippen LogP contribution in [-0.2, 0) is 21.5 Å². The first kappa shape index (κ1) is 28.9. The summed E-state index contributed by atoms with van der Waals surface area (Å²) >= 11 is 0. The number of aromatic nitrogens is 1. The molecule has 0 fully saturated rings. The average Bonchev–Trinajstić information content (AvgIpc) is 3.16. The predicted octanol–water partition coefficient (Wildman–Crippen LogP) is 7.04. The van der Waals surface area contributed by atoms with Gasteiger partial charge in [-0.05, 0) is 85.7 Å².